The molecule has 0 saturated heterocycles. The zero-order valence-corrected chi connectivity index (χ0v) is 15.0. The van der Waals surface area contributed by atoms with Gasteiger partial charge in [0.1, 0.15) is 12.1 Å². The minimum atomic E-state index is -0.613. The molecular formula is C18H22FN3O4. The summed E-state index contributed by atoms with van der Waals surface area (Å²) in [6.45, 7) is 4.62. The highest BCUT2D eigenvalue weighted by Crippen LogP contribution is 2.14. The quantitative estimate of drug-likeness (QED) is 0.759. The van der Waals surface area contributed by atoms with Crippen molar-refractivity contribution < 1.29 is 23.1 Å². The van der Waals surface area contributed by atoms with Crippen LogP contribution in [0.3, 0.4) is 0 Å². The Hall–Kier alpha value is -2.90. The number of anilines is 1. The number of esters is 1. The minimum absolute atomic E-state index is 0.0387. The molecular weight excluding hydrogens is 341 g/mol. The first-order valence-corrected chi connectivity index (χ1v) is 8.23. The molecule has 0 aliphatic heterocycles. The third-order valence-corrected chi connectivity index (χ3v) is 3.61. The summed E-state index contributed by atoms with van der Waals surface area (Å²) in [4.78, 5) is 29.6. The Morgan fingerprint density at radius 1 is 1.38 bits per heavy atom. The fraction of sp³-hybridized carbons (Fsp3) is 0.389. The Bertz CT molecular complexity index is 760. The van der Waals surface area contributed by atoms with Gasteiger partial charge < -0.3 is 19.4 Å². The van der Waals surface area contributed by atoms with E-state index in [1.807, 2.05) is 13.8 Å². The van der Waals surface area contributed by atoms with Crippen LogP contribution in [0.2, 0.25) is 0 Å². The summed E-state index contributed by atoms with van der Waals surface area (Å²) in [5, 5.41) is 2.65. The normalized spacial score (nSPS) is 10.7. The van der Waals surface area contributed by atoms with Gasteiger partial charge in [-0.05, 0) is 30.5 Å². The Morgan fingerprint density at radius 2 is 2.15 bits per heavy atom. The Kier molecular flexibility index (Phi) is 6.71. The number of urea groups is 1. The molecule has 1 aromatic carbocycles. The largest absolute Gasteiger partial charge is 0.464 e. The molecule has 8 heteroatoms. The molecule has 0 saturated carbocycles. The van der Waals surface area contributed by atoms with E-state index in [1.54, 1.807) is 6.07 Å². The molecule has 1 N–H and O–H groups in total. The van der Waals surface area contributed by atoms with E-state index in [9.17, 15) is 14.0 Å². The fourth-order valence-corrected chi connectivity index (χ4v) is 2.18. The van der Waals surface area contributed by atoms with Crippen LogP contribution in [0.4, 0.5) is 14.9 Å². The van der Waals surface area contributed by atoms with Gasteiger partial charge in [-0.3, -0.25) is 0 Å². The van der Waals surface area contributed by atoms with Gasteiger partial charge in [0.2, 0.25) is 5.89 Å². The summed E-state index contributed by atoms with van der Waals surface area (Å²) in [6, 6.07) is 5.24. The minimum Gasteiger partial charge on any atom is -0.464 e. The Morgan fingerprint density at radius 3 is 2.81 bits per heavy atom. The number of nitrogens with zero attached hydrogens (tertiary/aromatic N) is 2. The number of carbonyl (C=O) groups is 2. The van der Waals surface area contributed by atoms with Crippen molar-refractivity contribution in [3.63, 3.8) is 0 Å². The van der Waals surface area contributed by atoms with E-state index >= 15 is 0 Å². The predicted octanol–water partition coefficient (Wildman–Crippen LogP) is 3.68. The Balaban J connectivity index is 2.10. The topological polar surface area (TPSA) is 84.7 Å². The van der Waals surface area contributed by atoms with E-state index in [0.717, 1.165) is 6.42 Å². The zero-order chi connectivity index (χ0) is 19.1. The van der Waals surface area contributed by atoms with Gasteiger partial charge >= 0.3 is 12.0 Å². The van der Waals surface area contributed by atoms with Gasteiger partial charge in [0.25, 0.3) is 0 Å². The second-order valence-corrected chi connectivity index (χ2v) is 6.16. The molecule has 0 aliphatic rings. The van der Waals surface area contributed by atoms with Crippen molar-refractivity contribution in [2.24, 2.45) is 5.92 Å². The average molecular weight is 363 g/mol. The van der Waals surface area contributed by atoms with Gasteiger partial charge in [0, 0.05) is 12.2 Å². The highest BCUT2D eigenvalue weighted by Gasteiger charge is 2.19. The Labute approximate surface area is 151 Å². The number of methoxy groups -OCH3 is 1. The fourth-order valence-electron chi connectivity index (χ4n) is 2.18. The molecule has 0 aliphatic carbocycles. The molecule has 26 heavy (non-hydrogen) atoms. The summed E-state index contributed by atoms with van der Waals surface area (Å²) in [6.07, 6.45) is 1.95. The van der Waals surface area contributed by atoms with Crippen molar-refractivity contribution in [1.82, 2.24) is 9.88 Å². The van der Waals surface area contributed by atoms with Crippen molar-refractivity contribution in [2.45, 2.75) is 26.8 Å². The summed E-state index contributed by atoms with van der Waals surface area (Å²) in [5.74, 6) is -0.455. The molecule has 0 radical (unpaired) electrons. The second kappa shape index (κ2) is 8.98. The van der Waals surface area contributed by atoms with Crippen LogP contribution in [-0.4, -0.2) is 35.5 Å². The van der Waals surface area contributed by atoms with Gasteiger partial charge in [-0.15, -0.1) is 0 Å². The van der Waals surface area contributed by atoms with E-state index < -0.39 is 17.8 Å². The van der Waals surface area contributed by atoms with Crippen molar-refractivity contribution >= 4 is 17.7 Å². The first-order valence-electron chi connectivity index (χ1n) is 8.23. The van der Waals surface area contributed by atoms with Crippen molar-refractivity contribution in [3.8, 4) is 0 Å². The lowest BCUT2D eigenvalue weighted by molar-refractivity contribution is 0.0594. The molecule has 0 fully saturated rings. The maximum Gasteiger partial charge on any atom is 0.360 e. The number of hydrogen-bond acceptors (Lipinski definition) is 5. The highest BCUT2D eigenvalue weighted by molar-refractivity contribution is 5.89. The molecule has 0 atom stereocenters. The standard InChI is InChI=1S/C18H22FN3O4/c1-12(2)7-8-22(10-16-21-15(11-26-16)17(23)25-3)18(24)20-14-6-4-5-13(19)9-14/h4-6,9,11-12H,7-8,10H2,1-3H3,(H,20,24). The van der Waals surface area contributed by atoms with Gasteiger partial charge in [-0.2, -0.15) is 0 Å². The first-order chi connectivity index (χ1) is 12.4. The van der Waals surface area contributed by atoms with Crippen LogP contribution in [-0.2, 0) is 11.3 Å². The maximum atomic E-state index is 13.3. The molecule has 2 amide bonds. The number of rotatable bonds is 7. The molecule has 0 spiro atoms. The van der Waals surface area contributed by atoms with E-state index in [0.29, 0.717) is 18.2 Å². The third-order valence-electron chi connectivity index (χ3n) is 3.61. The van der Waals surface area contributed by atoms with Crippen LogP contribution in [0.15, 0.2) is 34.9 Å². The predicted molar refractivity (Wildman–Crippen MR) is 93.1 cm³/mol. The van der Waals surface area contributed by atoms with Gasteiger partial charge in [0.15, 0.2) is 5.69 Å². The van der Waals surface area contributed by atoms with Crippen molar-refractivity contribution in [3.05, 3.63) is 47.9 Å². The number of nitrogens with one attached hydrogen (secondary N) is 1. The molecule has 2 rings (SSSR count). The van der Waals surface area contributed by atoms with Crippen LogP contribution in [0, 0.1) is 11.7 Å². The van der Waals surface area contributed by atoms with Gasteiger partial charge in [-0.1, -0.05) is 19.9 Å². The molecule has 0 unspecified atom stereocenters. The summed E-state index contributed by atoms with van der Waals surface area (Å²) in [7, 11) is 1.25. The molecule has 2 aromatic rings. The average Bonchev–Trinajstić information content (AvgIpc) is 3.06. The lowest BCUT2D eigenvalue weighted by Gasteiger charge is -2.22. The molecule has 7 nitrogen and oxygen atoms in total. The summed E-state index contributed by atoms with van der Waals surface area (Å²) >= 11 is 0. The number of carbonyl (C=O) groups excluding carboxylic acids is 2. The lowest BCUT2D eigenvalue weighted by Crippen LogP contribution is -2.36. The van der Waals surface area contributed by atoms with Gasteiger partial charge in [0.05, 0.1) is 13.7 Å². The lowest BCUT2D eigenvalue weighted by atomic mass is 10.1. The highest BCUT2D eigenvalue weighted by atomic mass is 19.1. The summed E-state index contributed by atoms with van der Waals surface area (Å²) in [5.41, 5.74) is 0.393. The van der Waals surface area contributed by atoms with E-state index in [1.165, 1.54) is 36.5 Å². The monoisotopic (exact) mass is 363 g/mol. The van der Waals surface area contributed by atoms with E-state index in [4.69, 9.17) is 4.42 Å². The number of aromatic nitrogens is 1. The van der Waals surface area contributed by atoms with Crippen LogP contribution in [0.25, 0.3) is 0 Å². The number of oxazole rings is 1. The van der Waals surface area contributed by atoms with E-state index in [-0.39, 0.29) is 18.1 Å². The van der Waals surface area contributed by atoms with Crippen LogP contribution < -0.4 is 5.32 Å². The zero-order valence-electron chi connectivity index (χ0n) is 15.0. The van der Waals surface area contributed by atoms with Crippen LogP contribution >= 0.6 is 0 Å². The maximum absolute atomic E-state index is 13.3. The summed E-state index contributed by atoms with van der Waals surface area (Å²) < 4.78 is 23.1. The first kappa shape index (κ1) is 19.4. The number of amides is 2. The van der Waals surface area contributed by atoms with Gasteiger partial charge in [-0.25, -0.2) is 19.0 Å². The number of hydrogen-bond donors (Lipinski definition) is 1. The van der Waals surface area contributed by atoms with Crippen LogP contribution in [0.1, 0.15) is 36.6 Å². The van der Waals surface area contributed by atoms with Crippen molar-refractivity contribution in [2.75, 3.05) is 19.0 Å². The third kappa shape index (κ3) is 5.58. The molecule has 0 bridgehead atoms. The number of ether oxygens (including phenoxy) is 1. The SMILES string of the molecule is COC(=O)c1coc(CN(CCC(C)C)C(=O)Nc2cccc(F)c2)n1. The molecule has 140 valence electrons. The molecule has 1 heterocycles. The smallest absolute Gasteiger partial charge is 0.360 e. The number of halogens is 1. The van der Waals surface area contributed by atoms with Crippen LogP contribution in [0.5, 0.6) is 0 Å². The second-order valence-electron chi connectivity index (χ2n) is 6.16. The number of benzene rings is 1. The van der Waals surface area contributed by atoms with Crippen molar-refractivity contribution in [1.29, 1.82) is 0 Å². The van der Waals surface area contributed by atoms with E-state index in [2.05, 4.69) is 15.0 Å². The molecule has 1 aromatic heterocycles.